The summed E-state index contributed by atoms with van der Waals surface area (Å²) in [6.45, 7) is 2.61. The Morgan fingerprint density at radius 1 is 1.20 bits per heavy atom. The highest BCUT2D eigenvalue weighted by molar-refractivity contribution is 5.77. The molecule has 5 nitrogen and oxygen atoms in total. The molecule has 2 N–H and O–H groups in total. The maximum Gasteiger partial charge on any atom is 0.320 e. The van der Waals surface area contributed by atoms with Gasteiger partial charge in [0.25, 0.3) is 0 Å². The first-order valence-corrected chi connectivity index (χ1v) is 8.66. The van der Waals surface area contributed by atoms with E-state index in [2.05, 4.69) is 17.2 Å². The van der Waals surface area contributed by atoms with Crippen molar-refractivity contribution in [3.8, 4) is 5.69 Å². The number of hydrogen-bond donors (Lipinski definition) is 2. The highest BCUT2D eigenvalue weighted by Crippen LogP contribution is 2.18. The fraction of sp³-hybridized carbons (Fsp3) is 0.300. The zero-order valence-electron chi connectivity index (χ0n) is 14.4. The maximum atomic E-state index is 11.3. The third-order valence-electron chi connectivity index (χ3n) is 4.37. The third kappa shape index (κ3) is 4.06. The van der Waals surface area contributed by atoms with Crippen LogP contribution in [0.5, 0.6) is 0 Å². The summed E-state index contributed by atoms with van der Waals surface area (Å²) >= 11 is 0. The normalized spacial score (nSPS) is 12.4. The molecule has 130 valence electrons. The summed E-state index contributed by atoms with van der Waals surface area (Å²) in [5.74, 6) is -0.782. The second-order valence-corrected chi connectivity index (χ2v) is 6.18. The molecule has 0 fully saturated rings. The van der Waals surface area contributed by atoms with Crippen molar-refractivity contribution in [1.82, 2.24) is 14.9 Å². The van der Waals surface area contributed by atoms with E-state index in [1.807, 2.05) is 59.4 Å². The minimum Gasteiger partial charge on any atom is -0.480 e. The lowest BCUT2D eigenvalue weighted by atomic mass is 10.1. The summed E-state index contributed by atoms with van der Waals surface area (Å²) in [6, 6.07) is 15.6. The number of nitrogens with one attached hydrogen (secondary N) is 1. The summed E-state index contributed by atoms with van der Waals surface area (Å²) in [4.78, 5) is 15.7. The molecule has 1 atom stereocenters. The number of fused-ring (bicyclic) bond motifs is 1. The van der Waals surface area contributed by atoms with E-state index in [1.165, 1.54) is 0 Å². The van der Waals surface area contributed by atoms with Gasteiger partial charge in [0, 0.05) is 12.2 Å². The maximum absolute atomic E-state index is 11.3. The van der Waals surface area contributed by atoms with Crippen LogP contribution in [0.3, 0.4) is 0 Å². The van der Waals surface area contributed by atoms with Gasteiger partial charge in [-0.3, -0.25) is 9.36 Å². The molecule has 3 aromatic rings. The average Bonchev–Trinajstić information content (AvgIpc) is 3.06. The van der Waals surface area contributed by atoms with Gasteiger partial charge in [0.1, 0.15) is 12.4 Å². The fourth-order valence-electron chi connectivity index (χ4n) is 2.90. The van der Waals surface area contributed by atoms with Gasteiger partial charge in [0.2, 0.25) is 0 Å². The van der Waals surface area contributed by atoms with Crippen LogP contribution in [-0.2, 0) is 11.3 Å². The summed E-state index contributed by atoms with van der Waals surface area (Å²) in [6.07, 6.45) is 4.39. The van der Waals surface area contributed by atoms with Crippen LogP contribution in [0.4, 0.5) is 0 Å². The van der Waals surface area contributed by atoms with Crippen molar-refractivity contribution in [1.29, 1.82) is 0 Å². The molecule has 0 amide bonds. The molecule has 0 saturated heterocycles. The minimum atomic E-state index is -0.782. The number of nitrogens with zero attached hydrogens (tertiary/aromatic N) is 2. The molecular weight excluding hydrogens is 314 g/mol. The Hall–Kier alpha value is -2.66. The van der Waals surface area contributed by atoms with Crippen molar-refractivity contribution in [3.05, 3.63) is 60.4 Å². The first kappa shape index (κ1) is 17.2. The van der Waals surface area contributed by atoms with Crippen molar-refractivity contribution < 1.29 is 9.90 Å². The SMILES string of the molecule is CCCC[C@H](NCc1ccc(-n2cnc3ccccc32)cc1)C(=O)O. The van der Waals surface area contributed by atoms with Crippen LogP contribution in [0.15, 0.2) is 54.9 Å². The van der Waals surface area contributed by atoms with Crippen LogP contribution in [0.2, 0.25) is 0 Å². The Balaban J connectivity index is 1.69. The highest BCUT2D eigenvalue weighted by atomic mass is 16.4. The monoisotopic (exact) mass is 337 g/mol. The smallest absolute Gasteiger partial charge is 0.320 e. The lowest BCUT2D eigenvalue weighted by Gasteiger charge is -2.14. The van der Waals surface area contributed by atoms with E-state index >= 15 is 0 Å². The number of aromatic nitrogens is 2. The topological polar surface area (TPSA) is 67.2 Å². The van der Waals surface area contributed by atoms with Gasteiger partial charge in [-0.2, -0.15) is 0 Å². The molecule has 3 rings (SSSR count). The Bertz CT molecular complexity index is 840. The Kier molecular flexibility index (Phi) is 5.46. The summed E-state index contributed by atoms with van der Waals surface area (Å²) in [5.41, 5.74) is 4.14. The van der Waals surface area contributed by atoms with E-state index in [4.69, 9.17) is 0 Å². The van der Waals surface area contributed by atoms with Gasteiger partial charge in [0.15, 0.2) is 0 Å². The number of carbonyl (C=O) groups is 1. The largest absolute Gasteiger partial charge is 0.480 e. The van der Waals surface area contributed by atoms with Gasteiger partial charge in [0.05, 0.1) is 11.0 Å². The Morgan fingerprint density at radius 3 is 2.68 bits per heavy atom. The van der Waals surface area contributed by atoms with Gasteiger partial charge in [-0.25, -0.2) is 4.98 Å². The van der Waals surface area contributed by atoms with Crippen LogP contribution in [-0.4, -0.2) is 26.7 Å². The molecule has 2 aromatic carbocycles. The Morgan fingerprint density at radius 2 is 1.96 bits per heavy atom. The number of aliphatic carboxylic acids is 1. The second kappa shape index (κ2) is 7.94. The zero-order chi connectivity index (χ0) is 17.6. The van der Waals surface area contributed by atoms with Crippen molar-refractivity contribution in [2.45, 2.75) is 38.8 Å². The highest BCUT2D eigenvalue weighted by Gasteiger charge is 2.15. The van der Waals surface area contributed by atoms with Gasteiger partial charge in [-0.1, -0.05) is 44.0 Å². The number of carboxylic acid groups (broad SMARTS) is 1. The Labute approximate surface area is 147 Å². The van der Waals surface area contributed by atoms with Crippen molar-refractivity contribution in [2.75, 3.05) is 0 Å². The molecule has 5 heteroatoms. The average molecular weight is 337 g/mol. The quantitative estimate of drug-likeness (QED) is 0.657. The molecule has 0 radical (unpaired) electrons. The molecule has 0 spiro atoms. The number of imidazole rings is 1. The van der Waals surface area contributed by atoms with E-state index in [0.717, 1.165) is 35.1 Å². The van der Waals surface area contributed by atoms with Gasteiger partial charge in [-0.05, 0) is 36.2 Å². The van der Waals surface area contributed by atoms with Gasteiger partial charge < -0.3 is 10.4 Å². The van der Waals surface area contributed by atoms with E-state index in [1.54, 1.807) is 0 Å². The molecule has 0 unspecified atom stereocenters. The first-order valence-electron chi connectivity index (χ1n) is 8.66. The number of benzene rings is 2. The standard InChI is InChI=1S/C20H23N3O2/c1-2-3-6-18(20(24)25)21-13-15-9-11-16(12-10-15)23-14-22-17-7-4-5-8-19(17)23/h4-5,7-12,14,18,21H,2-3,6,13H2,1H3,(H,24,25)/t18-/m0/s1. The van der Waals surface area contributed by atoms with Crippen molar-refractivity contribution >= 4 is 17.0 Å². The third-order valence-corrected chi connectivity index (χ3v) is 4.37. The molecule has 0 aliphatic heterocycles. The molecule has 1 heterocycles. The predicted octanol–water partition coefficient (Wildman–Crippen LogP) is 3.76. The molecular formula is C20H23N3O2. The zero-order valence-corrected chi connectivity index (χ0v) is 14.4. The van der Waals surface area contributed by atoms with E-state index in [0.29, 0.717) is 13.0 Å². The summed E-state index contributed by atoms with van der Waals surface area (Å²) < 4.78 is 2.05. The number of unbranched alkanes of at least 4 members (excludes halogenated alkanes) is 1. The van der Waals surface area contributed by atoms with Crippen molar-refractivity contribution in [3.63, 3.8) is 0 Å². The molecule has 0 aliphatic rings. The summed E-state index contributed by atoms with van der Waals surface area (Å²) in [7, 11) is 0. The lowest BCUT2D eigenvalue weighted by Crippen LogP contribution is -2.36. The number of hydrogen-bond acceptors (Lipinski definition) is 3. The first-order chi connectivity index (χ1) is 12.2. The van der Waals surface area contributed by atoms with E-state index in [-0.39, 0.29) is 0 Å². The molecule has 0 bridgehead atoms. The molecule has 25 heavy (non-hydrogen) atoms. The molecule has 1 aromatic heterocycles. The van der Waals surface area contributed by atoms with Crippen molar-refractivity contribution in [2.24, 2.45) is 0 Å². The van der Waals surface area contributed by atoms with Crippen LogP contribution < -0.4 is 5.32 Å². The minimum absolute atomic E-state index is 0.489. The van der Waals surface area contributed by atoms with Crippen LogP contribution in [0, 0.1) is 0 Å². The predicted molar refractivity (Wildman–Crippen MR) is 98.9 cm³/mol. The van der Waals surface area contributed by atoms with Crippen LogP contribution >= 0.6 is 0 Å². The van der Waals surface area contributed by atoms with Crippen LogP contribution in [0.25, 0.3) is 16.7 Å². The number of carboxylic acids is 1. The van der Waals surface area contributed by atoms with E-state index < -0.39 is 12.0 Å². The van der Waals surface area contributed by atoms with E-state index in [9.17, 15) is 9.90 Å². The molecule has 0 aliphatic carbocycles. The summed E-state index contributed by atoms with van der Waals surface area (Å²) in [5, 5.41) is 12.4. The van der Waals surface area contributed by atoms with Gasteiger partial charge >= 0.3 is 5.97 Å². The van der Waals surface area contributed by atoms with Crippen LogP contribution in [0.1, 0.15) is 31.7 Å². The second-order valence-electron chi connectivity index (χ2n) is 6.18. The lowest BCUT2D eigenvalue weighted by molar-refractivity contribution is -0.139. The fourth-order valence-corrected chi connectivity index (χ4v) is 2.90. The number of para-hydroxylation sites is 2. The number of rotatable bonds is 8. The van der Waals surface area contributed by atoms with Gasteiger partial charge in [-0.15, -0.1) is 0 Å². The molecule has 0 saturated carbocycles.